The summed E-state index contributed by atoms with van der Waals surface area (Å²) in [6.07, 6.45) is 1.80. The number of hydrogen-bond acceptors (Lipinski definition) is 2. The smallest absolute Gasteiger partial charge is 0.286 e. The molecule has 0 spiro atoms. The number of anilines is 1. The van der Waals surface area contributed by atoms with E-state index < -0.39 is 0 Å². The van der Waals surface area contributed by atoms with Crippen LogP contribution >= 0.6 is 0 Å². The zero-order valence-corrected chi connectivity index (χ0v) is 12.2. The van der Waals surface area contributed by atoms with Crippen LogP contribution in [0.3, 0.4) is 0 Å². The molecule has 0 fully saturated rings. The Hall–Kier alpha value is -2.76. The Morgan fingerprint density at radius 1 is 1.09 bits per heavy atom. The lowest BCUT2D eigenvalue weighted by atomic mass is 10.3. The van der Waals surface area contributed by atoms with Gasteiger partial charge >= 0.3 is 0 Å². The average Bonchev–Trinajstić information content (AvgIpc) is 2.50. The van der Waals surface area contributed by atoms with Crippen molar-refractivity contribution in [1.29, 1.82) is 0 Å². The molecule has 0 saturated heterocycles. The van der Waals surface area contributed by atoms with Crippen LogP contribution in [-0.4, -0.2) is 18.4 Å². The van der Waals surface area contributed by atoms with Crippen LogP contribution in [0, 0.1) is 12.7 Å². The number of nitrogens with zero attached hydrogens (tertiary/aromatic N) is 1. The maximum absolute atomic E-state index is 12.7. The van der Waals surface area contributed by atoms with Gasteiger partial charge in [0.25, 0.3) is 5.91 Å². The number of rotatable bonds is 5. The third kappa shape index (κ3) is 4.66. The third-order valence-corrected chi connectivity index (χ3v) is 3.06. The Morgan fingerprint density at radius 3 is 2.50 bits per heavy atom. The number of aromatic nitrogens is 1. The molecule has 0 aliphatic carbocycles. The third-order valence-electron chi connectivity index (χ3n) is 3.06. The molecule has 6 heteroatoms. The fourth-order valence-electron chi connectivity index (χ4n) is 1.87. The predicted octanol–water partition coefficient (Wildman–Crippen LogP) is 1.18. The quantitative estimate of drug-likeness (QED) is 0.815. The number of amides is 2. The Kier molecular flexibility index (Phi) is 5.19. The Morgan fingerprint density at radius 2 is 1.82 bits per heavy atom. The van der Waals surface area contributed by atoms with Gasteiger partial charge in [-0.1, -0.05) is 6.07 Å². The molecule has 2 aromatic rings. The minimum atomic E-state index is -0.374. The molecular formula is C16H17FN3O2+. The van der Waals surface area contributed by atoms with Crippen molar-refractivity contribution in [3.8, 4) is 0 Å². The van der Waals surface area contributed by atoms with Crippen molar-refractivity contribution < 1.29 is 18.5 Å². The standard InChI is InChI=1S/C16H16FN3O2/c1-12-4-2-3-9-20(12)11-16(22)18-10-15(21)19-14-7-5-13(17)6-8-14/h2-9H,10-11H2,1H3,(H-,18,19,21,22)/p+1. The van der Waals surface area contributed by atoms with E-state index in [0.29, 0.717) is 5.69 Å². The van der Waals surface area contributed by atoms with Crippen molar-refractivity contribution in [2.45, 2.75) is 13.5 Å². The van der Waals surface area contributed by atoms with Gasteiger partial charge in [0.1, 0.15) is 5.82 Å². The molecule has 1 aromatic carbocycles. The number of aryl methyl sites for hydroxylation is 1. The number of halogens is 1. The van der Waals surface area contributed by atoms with E-state index in [9.17, 15) is 14.0 Å². The van der Waals surface area contributed by atoms with E-state index in [-0.39, 0.29) is 30.7 Å². The van der Waals surface area contributed by atoms with Gasteiger partial charge in [-0.05, 0) is 24.3 Å². The summed E-state index contributed by atoms with van der Waals surface area (Å²) in [6.45, 7) is 1.91. The number of pyridine rings is 1. The summed E-state index contributed by atoms with van der Waals surface area (Å²) < 4.78 is 14.5. The van der Waals surface area contributed by atoms with Crippen LogP contribution in [0.15, 0.2) is 48.7 Å². The lowest BCUT2D eigenvalue weighted by Gasteiger charge is -2.06. The topological polar surface area (TPSA) is 62.1 Å². The molecule has 0 unspecified atom stereocenters. The number of carbonyl (C=O) groups excluding carboxylic acids is 2. The molecule has 0 atom stereocenters. The SMILES string of the molecule is Cc1cccc[n+]1CC(=O)NCC(=O)Nc1ccc(F)cc1. The fourth-order valence-corrected chi connectivity index (χ4v) is 1.87. The molecule has 0 radical (unpaired) electrons. The second-order valence-corrected chi connectivity index (χ2v) is 4.80. The van der Waals surface area contributed by atoms with Crippen LogP contribution < -0.4 is 15.2 Å². The van der Waals surface area contributed by atoms with Gasteiger partial charge in [-0.25, -0.2) is 4.39 Å². The first-order chi connectivity index (χ1) is 10.5. The largest absolute Gasteiger partial charge is 0.342 e. The van der Waals surface area contributed by atoms with Crippen molar-refractivity contribution in [3.05, 3.63) is 60.2 Å². The number of nitrogens with one attached hydrogen (secondary N) is 2. The first kappa shape index (κ1) is 15.6. The maximum Gasteiger partial charge on any atom is 0.286 e. The molecule has 0 saturated carbocycles. The summed E-state index contributed by atoms with van der Waals surface area (Å²) in [7, 11) is 0. The molecule has 1 aromatic heterocycles. The molecule has 2 N–H and O–H groups in total. The number of hydrogen-bond donors (Lipinski definition) is 2. The molecule has 22 heavy (non-hydrogen) atoms. The minimum absolute atomic E-state index is 0.136. The summed E-state index contributed by atoms with van der Waals surface area (Å²) in [5.74, 6) is -0.996. The van der Waals surface area contributed by atoms with E-state index in [0.717, 1.165) is 5.69 Å². The molecule has 5 nitrogen and oxygen atoms in total. The van der Waals surface area contributed by atoms with Gasteiger partial charge in [0, 0.05) is 24.7 Å². The number of carbonyl (C=O) groups is 2. The lowest BCUT2D eigenvalue weighted by molar-refractivity contribution is -0.690. The van der Waals surface area contributed by atoms with E-state index in [4.69, 9.17) is 0 Å². The average molecular weight is 302 g/mol. The summed E-state index contributed by atoms with van der Waals surface area (Å²) in [5.41, 5.74) is 1.43. The first-order valence-corrected chi connectivity index (χ1v) is 6.82. The molecule has 0 bridgehead atoms. The van der Waals surface area contributed by atoms with Gasteiger partial charge in [-0.2, -0.15) is 4.57 Å². The highest BCUT2D eigenvalue weighted by atomic mass is 19.1. The maximum atomic E-state index is 12.7. The molecular weight excluding hydrogens is 285 g/mol. The zero-order valence-electron chi connectivity index (χ0n) is 12.2. The van der Waals surface area contributed by atoms with Crippen LogP contribution in [0.4, 0.5) is 10.1 Å². The number of benzene rings is 1. The molecule has 114 valence electrons. The van der Waals surface area contributed by atoms with E-state index in [1.54, 1.807) is 10.8 Å². The molecule has 0 aliphatic heterocycles. The van der Waals surface area contributed by atoms with E-state index in [1.807, 2.05) is 25.1 Å². The zero-order chi connectivity index (χ0) is 15.9. The van der Waals surface area contributed by atoms with Crippen molar-refractivity contribution in [2.24, 2.45) is 0 Å². The molecule has 1 heterocycles. The summed E-state index contributed by atoms with van der Waals surface area (Å²) in [4.78, 5) is 23.5. The van der Waals surface area contributed by atoms with Crippen molar-refractivity contribution in [2.75, 3.05) is 11.9 Å². The first-order valence-electron chi connectivity index (χ1n) is 6.82. The van der Waals surface area contributed by atoms with Crippen LogP contribution in [0.5, 0.6) is 0 Å². The molecule has 0 aliphatic rings. The van der Waals surface area contributed by atoms with Crippen molar-refractivity contribution in [3.63, 3.8) is 0 Å². The fraction of sp³-hybridized carbons (Fsp3) is 0.188. The van der Waals surface area contributed by atoms with Gasteiger partial charge in [-0.3, -0.25) is 9.59 Å². The Labute approximate surface area is 127 Å². The summed E-state index contributed by atoms with van der Waals surface area (Å²) in [6, 6.07) is 11.0. The summed E-state index contributed by atoms with van der Waals surface area (Å²) in [5, 5.41) is 5.12. The second kappa shape index (κ2) is 7.31. The van der Waals surface area contributed by atoms with Crippen molar-refractivity contribution >= 4 is 17.5 Å². The van der Waals surface area contributed by atoms with Crippen molar-refractivity contribution in [1.82, 2.24) is 5.32 Å². The van der Waals surface area contributed by atoms with Gasteiger partial charge in [-0.15, -0.1) is 0 Å². The summed E-state index contributed by atoms with van der Waals surface area (Å²) >= 11 is 0. The lowest BCUT2D eigenvalue weighted by Crippen LogP contribution is -2.46. The molecule has 2 rings (SSSR count). The van der Waals surface area contributed by atoms with Crippen LogP contribution in [-0.2, 0) is 16.1 Å². The highest BCUT2D eigenvalue weighted by molar-refractivity contribution is 5.94. The van der Waals surface area contributed by atoms with Gasteiger partial charge in [0.05, 0.1) is 6.54 Å². The Balaban J connectivity index is 1.79. The van der Waals surface area contributed by atoms with E-state index in [2.05, 4.69) is 10.6 Å². The van der Waals surface area contributed by atoms with Crippen LogP contribution in [0.1, 0.15) is 5.69 Å². The molecule has 2 amide bonds. The van der Waals surface area contributed by atoms with Crippen LogP contribution in [0.2, 0.25) is 0 Å². The van der Waals surface area contributed by atoms with E-state index >= 15 is 0 Å². The monoisotopic (exact) mass is 302 g/mol. The highest BCUT2D eigenvalue weighted by Gasteiger charge is 2.12. The van der Waals surface area contributed by atoms with Gasteiger partial charge in [0.2, 0.25) is 12.5 Å². The van der Waals surface area contributed by atoms with E-state index in [1.165, 1.54) is 24.3 Å². The normalized spacial score (nSPS) is 10.1. The van der Waals surface area contributed by atoms with Gasteiger partial charge in [0.15, 0.2) is 11.9 Å². The van der Waals surface area contributed by atoms with Gasteiger partial charge < -0.3 is 10.6 Å². The Bertz CT molecular complexity index is 671. The highest BCUT2D eigenvalue weighted by Crippen LogP contribution is 2.07. The second-order valence-electron chi connectivity index (χ2n) is 4.80. The minimum Gasteiger partial charge on any atom is -0.342 e. The predicted molar refractivity (Wildman–Crippen MR) is 79.4 cm³/mol. The van der Waals surface area contributed by atoms with Crippen LogP contribution in [0.25, 0.3) is 0 Å².